The molecule has 0 N–H and O–H groups in total. The van der Waals surface area contributed by atoms with E-state index in [0.717, 1.165) is 35.6 Å². The highest BCUT2D eigenvalue weighted by Crippen LogP contribution is 2.31. The zero-order valence-corrected chi connectivity index (χ0v) is 20.3. The van der Waals surface area contributed by atoms with Gasteiger partial charge in [-0.3, -0.25) is 4.98 Å². The molecule has 0 bridgehead atoms. The Balaban J connectivity index is 0.000000254. The van der Waals surface area contributed by atoms with Gasteiger partial charge >= 0.3 is 0 Å². The van der Waals surface area contributed by atoms with Crippen molar-refractivity contribution in [2.24, 2.45) is 0 Å². The molecular weight excluding hydrogens is 376 g/mol. The summed E-state index contributed by atoms with van der Waals surface area (Å²) in [5.74, 6) is 0.659. The average molecular weight is 415 g/mol. The molecule has 1 aliphatic carbocycles. The summed E-state index contributed by atoms with van der Waals surface area (Å²) < 4.78 is 0. The van der Waals surface area contributed by atoms with Crippen LogP contribution in [-0.2, 0) is 25.7 Å². The quantitative estimate of drug-likeness (QED) is 0.440. The number of hydrogen-bond donors (Lipinski definition) is 0. The van der Waals surface area contributed by atoms with Gasteiger partial charge in [-0.1, -0.05) is 64.1 Å². The first-order valence-corrected chi connectivity index (χ1v) is 12.0. The molecule has 0 saturated carbocycles. The fourth-order valence-corrected chi connectivity index (χ4v) is 4.40. The van der Waals surface area contributed by atoms with Crippen LogP contribution >= 0.6 is 0 Å². The molecule has 2 nitrogen and oxygen atoms in total. The van der Waals surface area contributed by atoms with Gasteiger partial charge in [0.1, 0.15) is 0 Å². The van der Waals surface area contributed by atoms with E-state index in [9.17, 15) is 0 Å². The van der Waals surface area contributed by atoms with Gasteiger partial charge in [-0.05, 0) is 86.6 Å². The third-order valence-electron chi connectivity index (χ3n) is 6.32. The van der Waals surface area contributed by atoms with Crippen molar-refractivity contribution in [2.75, 3.05) is 0 Å². The van der Waals surface area contributed by atoms with Crippen LogP contribution < -0.4 is 0 Å². The van der Waals surface area contributed by atoms with Gasteiger partial charge in [-0.25, -0.2) is 4.98 Å². The van der Waals surface area contributed by atoms with Crippen LogP contribution in [0.2, 0.25) is 0 Å². The largest absolute Gasteiger partial charge is 0.254 e. The second-order valence-electron chi connectivity index (χ2n) is 8.97. The maximum atomic E-state index is 4.98. The monoisotopic (exact) mass is 414 g/mol. The van der Waals surface area contributed by atoms with Gasteiger partial charge in [-0.15, -0.1) is 0 Å². The number of fused-ring (bicyclic) bond motifs is 1. The van der Waals surface area contributed by atoms with Gasteiger partial charge in [-0.2, -0.15) is 0 Å². The van der Waals surface area contributed by atoms with Crippen LogP contribution in [0.5, 0.6) is 0 Å². The van der Waals surface area contributed by atoms with Crippen molar-refractivity contribution < 1.29 is 0 Å². The van der Waals surface area contributed by atoms with E-state index in [1.54, 1.807) is 5.56 Å². The Morgan fingerprint density at radius 2 is 1.42 bits per heavy atom. The Kier molecular flexibility index (Phi) is 8.01. The van der Waals surface area contributed by atoms with Gasteiger partial charge in [0.25, 0.3) is 0 Å². The molecule has 0 saturated heterocycles. The van der Waals surface area contributed by atoms with Crippen LogP contribution in [0, 0.1) is 13.8 Å². The molecule has 3 aromatic rings. The molecule has 1 heterocycles. The Bertz CT molecular complexity index is 1000. The van der Waals surface area contributed by atoms with E-state index in [1.165, 1.54) is 47.9 Å². The highest BCUT2D eigenvalue weighted by molar-refractivity contribution is 5.68. The summed E-state index contributed by atoms with van der Waals surface area (Å²) >= 11 is 0. The fraction of sp³-hybridized carbons (Fsp3) is 0.448. The second-order valence-corrected chi connectivity index (χ2v) is 8.97. The molecule has 0 fully saturated rings. The van der Waals surface area contributed by atoms with Crippen LogP contribution in [0.3, 0.4) is 0 Å². The van der Waals surface area contributed by atoms with E-state index >= 15 is 0 Å². The Morgan fingerprint density at radius 3 is 1.97 bits per heavy atom. The molecule has 31 heavy (non-hydrogen) atoms. The van der Waals surface area contributed by atoms with E-state index in [2.05, 4.69) is 77.9 Å². The lowest BCUT2D eigenvalue weighted by Gasteiger charge is -2.20. The van der Waals surface area contributed by atoms with E-state index in [0.29, 0.717) is 5.92 Å². The van der Waals surface area contributed by atoms with Crippen LogP contribution in [0.1, 0.15) is 85.8 Å². The van der Waals surface area contributed by atoms with Crippen molar-refractivity contribution in [3.05, 3.63) is 81.8 Å². The zero-order chi connectivity index (χ0) is 22.4. The third kappa shape index (κ3) is 5.61. The molecule has 2 aromatic carbocycles. The van der Waals surface area contributed by atoms with Crippen LogP contribution in [0.4, 0.5) is 0 Å². The molecule has 0 atom stereocenters. The molecule has 2 heteroatoms. The fourth-order valence-electron chi connectivity index (χ4n) is 4.40. The van der Waals surface area contributed by atoms with Crippen molar-refractivity contribution in [3.63, 3.8) is 0 Å². The predicted molar refractivity (Wildman–Crippen MR) is 133 cm³/mol. The second kappa shape index (κ2) is 10.7. The lowest BCUT2D eigenvalue weighted by atomic mass is 9.87. The minimum atomic E-state index is 0.659. The smallest absolute Gasteiger partial charge is 0.0923 e. The van der Waals surface area contributed by atoms with Gasteiger partial charge in [0.2, 0.25) is 0 Å². The summed E-state index contributed by atoms with van der Waals surface area (Å²) in [6.45, 7) is 13.0. The highest BCUT2D eigenvalue weighted by Gasteiger charge is 2.17. The molecule has 4 rings (SSSR count). The molecular formula is C29H38N2. The number of hydrogen-bond acceptors (Lipinski definition) is 2. The summed E-state index contributed by atoms with van der Waals surface area (Å²) in [6, 6.07) is 15.3. The Morgan fingerprint density at radius 1 is 0.806 bits per heavy atom. The van der Waals surface area contributed by atoms with Crippen LogP contribution in [0.25, 0.3) is 11.3 Å². The van der Waals surface area contributed by atoms with Gasteiger partial charge in [0.15, 0.2) is 0 Å². The SMILES string of the molecule is CC(C)c1ccccc1.CCc1nc(-c2cc3c(cc2C)CCCC3)c(CC)nc1C. The number of aromatic nitrogens is 2. The summed E-state index contributed by atoms with van der Waals surface area (Å²) in [6.07, 6.45) is 6.97. The first kappa shape index (κ1) is 23.2. The van der Waals surface area contributed by atoms with Gasteiger partial charge in [0, 0.05) is 5.56 Å². The van der Waals surface area contributed by atoms with Gasteiger partial charge in [0.05, 0.1) is 22.8 Å². The molecule has 0 spiro atoms. The lowest BCUT2D eigenvalue weighted by Crippen LogP contribution is -2.07. The molecule has 0 aliphatic heterocycles. The summed E-state index contributed by atoms with van der Waals surface area (Å²) in [4.78, 5) is 9.81. The molecule has 0 radical (unpaired) electrons. The lowest BCUT2D eigenvalue weighted by molar-refractivity contribution is 0.685. The summed E-state index contributed by atoms with van der Waals surface area (Å²) in [5, 5.41) is 0. The van der Waals surface area contributed by atoms with Crippen molar-refractivity contribution in [2.45, 2.75) is 86.0 Å². The highest BCUT2D eigenvalue weighted by atomic mass is 14.8. The van der Waals surface area contributed by atoms with Gasteiger partial charge < -0.3 is 0 Å². The van der Waals surface area contributed by atoms with Crippen molar-refractivity contribution >= 4 is 0 Å². The molecule has 0 amide bonds. The zero-order valence-electron chi connectivity index (χ0n) is 20.3. The molecule has 1 aliphatic rings. The van der Waals surface area contributed by atoms with Crippen LogP contribution in [-0.4, -0.2) is 9.97 Å². The van der Waals surface area contributed by atoms with E-state index in [4.69, 9.17) is 9.97 Å². The average Bonchev–Trinajstić information content (AvgIpc) is 2.79. The molecule has 1 aromatic heterocycles. The number of aryl methyl sites for hydroxylation is 6. The van der Waals surface area contributed by atoms with Crippen molar-refractivity contribution in [1.82, 2.24) is 9.97 Å². The van der Waals surface area contributed by atoms with Crippen molar-refractivity contribution in [1.29, 1.82) is 0 Å². The Labute approximate surface area is 189 Å². The minimum absolute atomic E-state index is 0.659. The summed E-state index contributed by atoms with van der Waals surface area (Å²) in [7, 11) is 0. The molecule has 0 unspecified atom stereocenters. The summed E-state index contributed by atoms with van der Waals surface area (Å²) in [5.41, 5.74) is 11.6. The normalized spacial score (nSPS) is 12.9. The number of rotatable bonds is 4. The van der Waals surface area contributed by atoms with E-state index < -0.39 is 0 Å². The van der Waals surface area contributed by atoms with Crippen molar-refractivity contribution in [3.8, 4) is 11.3 Å². The van der Waals surface area contributed by atoms with E-state index in [1.807, 2.05) is 6.07 Å². The number of benzene rings is 2. The first-order chi connectivity index (χ1) is 14.9. The number of nitrogens with zero attached hydrogens (tertiary/aromatic N) is 2. The maximum Gasteiger partial charge on any atom is 0.0923 e. The molecule has 164 valence electrons. The Hall–Kier alpha value is -2.48. The van der Waals surface area contributed by atoms with E-state index in [-0.39, 0.29) is 0 Å². The topological polar surface area (TPSA) is 25.8 Å². The predicted octanol–water partition coefficient (Wildman–Crippen LogP) is 7.57. The first-order valence-electron chi connectivity index (χ1n) is 12.0. The van der Waals surface area contributed by atoms with Crippen LogP contribution in [0.15, 0.2) is 42.5 Å². The standard InChI is InChI=1S/C20H26N2.C9H12/c1-5-18-14(4)21-19(6-2)20(22-18)17-12-16-10-8-7-9-15(16)11-13(17)3;1-8(2)9-6-4-3-5-7-9/h11-12H,5-10H2,1-4H3;3-8H,1-2H3. The minimum Gasteiger partial charge on any atom is -0.254 e. The maximum absolute atomic E-state index is 4.98. The third-order valence-corrected chi connectivity index (χ3v) is 6.32.